The van der Waals surface area contributed by atoms with Crippen molar-refractivity contribution in [3.8, 4) is 0 Å². The topological polar surface area (TPSA) is 87.8 Å². The lowest BCUT2D eigenvalue weighted by Crippen LogP contribution is -2.47. The van der Waals surface area contributed by atoms with E-state index in [4.69, 9.17) is 5.73 Å². The number of aliphatic imine (C=N–C) groups is 1. The van der Waals surface area contributed by atoms with Crippen LogP contribution < -0.4 is 11.1 Å². The number of imide groups is 1. The predicted molar refractivity (Wildman–Crippen MR) is 72.4 cm³/mol. The van der Waals surface area contributed by atoms with E-state index in [1.54, 1.807) is 0 Å². The van der Waals surface area contributed by atoms with E-state index in [2.05, 4.69) is 10.3 Å². The van der Waals surface area contributed by atoms with Crippen LogP contribution in [0, 0.1) is 0 Å². The summed E-state index contributed by atoms with van der Waals surface area (Å²) in [6, 6.07) is -0.144. The second-order valence-corrected chi connectivity index (χ2v) is 5.34. The number of nitrogens with two attached hydrogens (primary N) is 1. The van der Waals surface area contributed by atoms with Crippen LogP contribution in [-0.4, -0.2) is 41.8 Å². The highest BCUT2D eigenvalue weighted by atomic mass is 16.2. The number of carbonyl (C=O) groups is 2. The third-order valence-electron chi connectivity index (χ3n) is 3.87. The van der Waals surface area contributed by atoms with Crippen molar-refractivity contribution in [2.24, 2.45) is 10.7 Å². The lowest BCUT2D eigenvalue weighted by molar-refractivity contribution is -0.147. The minimum absolute atomic E-state index is 0.143. The molecule has 2 amide bonds. The Labute approximate surface area is 113 Å². The van der Waals surface area contributed by atoms with Crippen LogP contribution in [0.25, 0.3) is 0 Å². The molecule has 1 heterocycles. The van der Waals surface area contributed by atoms with Gasteiger partial charge in [0.2, 0.25) is 5.91 Å². The summed E-state index contributed by atoms with van der Waals surface area (Å²) in [6.07, 6.45) is 6.72. The molecule has 1 saturated carbocycles. The van der Waals surface area contributed by atoms with Gasteiger partial charge in [-0.05, 0) is 19.3 Å². The number of rotatable bonds is 2. The molecule has 2 aliphatic rings. The van der Waals surface area contributed by atoms with Gasteiger partial charge >= 0.3 is 0 Å². The zero-order chi connectivity index (χ0) is 13.8. The molecule has 0 aromatic heterocycles. The number of nitrogens with zero attached hydrogens (tertiary/aromatic N) is 2. The van der Waals surface area contributed by atoms with Crippen LogP contribution in [0.3, 0.4) is 0 Å². The van der Waals surface area contributed by atoms with Crippen LogP contribution >= 0.6 is 0 Å². The third kappa shape index (κ3) is 3.45. The summed E-state index contributed by atoms with van der Waals surface area (Å²) in [7, 11) is 1.50. The summed E-state index contributed by atoms with van der Waals surface area (Å²) in [5.74, 6) is -0.0760. The van der Waals surface area contributed by atoms with Gasteiger partial charge in [0.05, 0.1) is 0 Å². The molecule has 1 atom stereocenters. The van der Waals surface area contributed by atoms with Crippen molar-refractivity contribution in [3.05, 3.63) is 0 Å². The van der Waals surface area contributed by atoms with Gasteiger partial charge in [0.25, 0.3) is 5.91 Å². The molecule has 3 N–H and O–H groups in total. The summed E-state index contributed by atoms with van der Waals surface area (Å²) in [5, 5.41) is 3.18. The van der Waals surface area contributed by atoms with Gasteiger partial charge < -0.3 is 11.1 Å². The summed E-state index contributed by atoms with van der Waals surface area (Å²) < 4.78 is 0. The average Bonchev–Trinajstić information content (AvgIpc) is 2.41. The Morgan fingerprint density at radius 2 is 1.95 bits per heavy atom. The Morgan fingerprint density at radius 3 is 2.63 bits per heavy atom. The van der Waals surface area contributed by atoms with E-state index < -0.39 is 6.04 Å². The minimum atomic E-state index is -0.515. The van der Waals surface area contributed by atoms with E-state index in [1.807, 2.05) is 0 Å². The standard InChI is InChI=1S/C13H22N4O2/c1-17-11(18)8-7-10(12(17)19)16-13(14)15-9-5-3-2-4-6-9/h9-10H,2-8H2,1H3,(H3,14,15,16). The van der Waals surface area contributed by atoms with Crippen LogP contribution in [0.15, 0.2) is 4.99 Å². The molecule has 0 radical (unpaired) electrons. The van der Waals surface area contributed by atoms with Crippen molar-refractivity contribution in [2.75, 3.05) is 7.05 Å². The molecule has 6 nitrogen and oxygen atoms in total. The highest BCUT2D eigenvalue weighted by Crippen LogP contribution is 2.18. The van der Waals surface area contributed by atoms with Crippen molar-refractivity contribution in [1.29, 1.82) is 0 Å². The van der Waals surface area contributed by atoms with Crippen molar-refractivity contribution in [1.82, 2.24) is 10.2 Å². The number of nitrogens with one attached hydrogen (secondary N) is 1. The zero-order valence-corrected chi connectivity index (χ0v) is 11.4. The predicted octanol–water partition coefficient (Wildman–Crippen LogP) is 0.371. The molecule has 1 aliphatic heterocycles. The Balaban J connectivity index is 1.92. The number of amides is 2. The SMILES string of the molecule is CN1C(=O)CCC(N=C(N)NC2CCCCC2)C1=O. The first-order valence-corrected chi connectivity index (χ1v) is 6.98. The molecule has 1 aliphatic carbocycles. The largest absolute Gasteiger partial charge is 0.370 e. The maximum atomic E-state index is 11.9. The molecule has 0 spiro atoms. The van der Waals surface area contributed by atoms with Crippen molar-refractivity contribution >= 4 is 17.8 Å². The molecule has 6 heteroatoms. The van der Waals surface area contributed by atoms with Crippen LogP contribution in [0.2, 0.25) is 0 Å². The maximum Gasteiger partial charge on any atom is 0.253 e. The van der Waals surface area contributed by atoms with Crippen LogP contribution in [-0.2, 0) is 9.59 Å². The van der Waals surface area contributed by atoms with Gasteiger partial charge in [0, 0.05) is 19.5 Å². The second kappa shape index (κ2) is 6.04. The Hall–Kier alpha value is -1.59. The van der Waals surface area contributed by atoms with Gasteiger partial charge in [-0.1, -0.05) is 19.3 Å². The summed E-state index contributed by atoms with van der Waals surface area (Å²) in [5.41, 5.74) is 5.86. The number of likely N-dealkylation sites (tertiary alicyclic amines) is 1. The van der Waals surface area contributed by atoms with E-state index in [1.165, 1.54) is 26.3 Å². The number of piperidine rings is 1. The number of hydrogen-bond acceptors (Lipinski definition) is 3. The fourth-order valence-electron chi connectivity index (χ4n) is 2.68. The smallest absolute Gasteiger partial charge is 0.253 e. The number of carbonyl (C=O) groups excluding carboxylic acids is 2. The highest BCUT2D eigenvalue weighted by Gasteiger charge is 2.31. The lowest BCUT2D eigenvalue weighted by Gasteiger charge is -2.27. The van der Waals surface area contributed by atoms with Gasteiger partial charge in [0.15, 0.2) is 5.96 Å². The maximum absolute atomic E-state index is 11.9. The molecule has 19 heavy (non-hydrogen) atoms. The molecule has 1 saturated heterocycles. The molecule has 2 fully saturated rings. The average molecular weight is 266 g/mol. The van der Waals surface area contributed by atoms with E-state index in [0.717, 1.165) is 17.7 Å². The van der Waals surface area contributed by atoms with Crippen LogP contribution in [0.4, 0.5) is 0 Å². The third-order valence-corrected chi connectivity index (χ3v) is 3.87. The van der Waals surface area contributed by atoms with Crippen molar-refractivity contribution in [3.63, 3.8) is 0 Å². The first-order valence-electron chi connectivity index (χ1n) is 6.98. The Morgan fingerprint density at radius 1 is 1.26 bits per heavy atom. The Kier molecular flexibility index (Phi) is 4.39. The zero-order valence-electron chi connectivity index (χ0n) is 11.4. The Bertz CT molecular complexity index is 388. The lowest BCUT2D eigenvalue weighted by atomic mass is 9.96. The van der Waals surface area contributed by atoms with E-state index in [-0.39, 0.29) is 11.8 Å². The molecular formula is C13H22N4O2. The number of likely N-dealkylation sites (N-methyl/N-ethyl adjacent to an activating group) is 1. The number of hydrogen-bond donors (Lipinski definition) is 2. The molecular weight excluding hydrogens is 244 g/mol. The first-order chi connectivity index (χ1) is 9.08. The van der Waals surface area contributed by atoms with Crippen LogP contribution in [0.5, 0.6) is 0 Å². The normalized spacial score (nSPS) is 26.7. The van der Waals surface area contributed by atoms with Gasteiger partial charge in [-0.25, -0.2) is 4.99 Å². The van der Waals surface area contributed by atoms with Gasteiger partial charge in [0.1, 0.15) is 6.04 Å². The van der Waals surface area contributed by atoms with Gasteiger partial charge in [-0.3, -0.25) is 14.5 Å². The molecule has 0 aromatic rings. The second-order valence-electron chi connectivity index (χ2n) is 5.34. The van der Waals surface area contributed by atoms with E-state index in [0.29, 0.717) is 24.8 Å². The first kappa shape index (κ1) is 13.8. The summed E-state index contributed by atoms with van der Waals surface area (Å²) in [6.45, 7) is 0. The van der Waals surface area contributed by atoms with E-state index >= 15 is 0 Å². The molecule has 0 bridgehead atoms. The quantitative estimate of drug-likeness (QED) is 0.429. The number of guanidine groups is 1. The van der Waals surface area contributed by atoms with Gasteiger partial charge in [-0.2, -0.15) is 0 Å². The molecule has 2 rings (SSSR count). The van der Waals surface area contributed by atoms with Crippen molar-refractivity contribution in [2.45, 2.75) is 57.0 Å². The monoisotopic (exact) mass is 266 g/mol. The van der Waals surface area contributed by atoms with Gasteiger partial charge in [-0.15, -0.1) is 0 Å². The minimum Gasteiger partial charge on any atom is -0.370 e. The fourth-order valence-corrected chi connectivity index (χ4v) is 2.68. The summed E-state index contributed by atoms with van der Waals surface area (Å²) >= 11 is 0. The highest BCUT2D eigenvalue weighted by molar-refractivity contribution is 6.01. The summed E-state index contributed by atoms with van der Waals surface area (Å²) in [4.78, 5) is 28.6. The molecule has 0 aromatic carbocycles. The fraction of sp³-hybridized carbons (Fsp3) is 0.769. The molecule has 1 unspecified atom stereocenters. The van der Waals surface area contributed by atoms with E-state index in [9.17, 15) is 9.59 Å². The van der Waals surface area contributed by atoms with Crippen molar-refractivity contribution < 1.29 is 9.59 Å². The molecule has 106 valence electrons. The van der Waals surface area contributed by atoms with Crippen LogP contribution in [0.1, 0.15) is 44.9 Å².